The molecule has 0 aliphatic rings. The van der Waals surface area contributed by atoms with Crippen LogP contribution in [0.2, 0.25) is 0 Å². The lowest BCUT2D eigenvalue weighted by atomic mass is 10.1. The highest BCUT2D eigenvalue weighted by atomic mass is 127. The first-order valence-electron chi connectivity index (χ1n) is 4.45. The number of rotatable bonds is 1. The normalized spacial score (nSPS) is 13.5. The van der Waals surface area contributed by atoms with Gasteiger partial charge < -0.3 is 4.74 Å². The van der Waals surface area contributed by atoms with Crippen molar-refractivity contribution < 1.29 is 44.3 Å². The van der Waals surface area contributed by atoms with Crippen LogP contribution in [0.1, 0.15) is 11.1 Å². The van der Waals surface area contributed by atoms with E-state index < -0.39 is 39.2 Å². The van der Waals surface area contributed by atoms with E-state index in [4.69, 9.17) is 0 Å². The number of hydrogen-bond donors (Lipinski definition) is 0. The minimum Gasteiger partial charge on any atom is -0.405 e. The molecule has 0 aromatic heterocycles. The average molecular weight is 424 g/mol. The Morgan fingerprint density at radius 2 is 1.30 bits per heavy atom. The first-order chi connectivity index (χ1) is 8.72. The van der Waals surface area contributed by atoms with Gasteiger partial charge in [0.05, 0.1) is 14.7 Å². The second kappa shape index (κ2) is 5.15. The lowest BCUT2D eigenvalue weighted by Crippen LogP contribution is -2.20. The van der Waals surface area contributed by atoms with Crippen LogP contribution < -0.4 is 4.74 Å². The molecule has 0 unspecified atom stereocenters. The second-order valence-electron chi connectivity index (χ2n) is 3.38. The van der Waals surface area contributed by atoms with Gasteiger partial charge in [-0.25, -0.2) is 0 Å². The Bertz CT molecular complexity index is 500. The molecule has 0 saturated carbocycles. The molecule has 1 nitrogen and oxygen atoms in total. The van der Waals surface area contributed by atoms with E-state index in [-0.39, 0.29) is 12.1 Å². The van der Waals surface area contributed by atoms with Gasteiger partial charge in [-0.3, -0.25) is 0 Å². The molecule has 114 valence electrons. The highest BCUT2D eigenvalue weighted by Crippen LogP contribution is 2.42. The number of halogens is 10. The van der Waals surface area contributed by atoms with Crippen molar-refractivity contribution in [3.8, 4) is 5.75 Å². The number of hydrogen-bond acceptors (Lipinski definition) is 1. The molecule has 0 aliphatic carbocycles. The summed E-state index contributed by atoms with van der Waals surface area (Å²) in [5.74, 6) is -1.56. The molecule has 0 saturated heterocycles. The Hall–Kier alpha value is -0.880. The van der Waals surface area contributed by atoms with Gasteiger partial charge in [0.1, 0.15) is 5.75 Å². The lowest BCUT2D eigenvalue weighted by Gasteiger charge is -2.18. The molecule has 1 aromatic rings. The fraction of sp³-hybridized carbons (Fsp3) is 0.333. The third kappa shape index (κ3) is 4.31. The molecule has 1 aromatic carbocycles. The van der Waals surface area contributed by atoms with Crippen molar-refractivity contribution in [2.75, 3.05) is 0 Å². The van der Waals surface area contributed by atoms with Gasteiger partial charge in [0.15, 0.2) is 0 Å². The third-order valence-corrected chi connectivity index (χ3v) is 3.01. The van der Waals surface area contributed by atoms with Gasteiger partial charge in [-0.05, 0) is 34.7 Å². The Morgan fingerprint density at radius 3 is 1.65 bits per heavy atom. The molecule has 0 radical (unpaired) electrons. The van der Waals surface area contributed by atoms with Crippen LogP contribution in [0.15, 0.2) is 12.1 Å². The zero-order valence-electron chi connectivity index (χ0n) is 8.84. The number of ether oxygens (including phenoxy) is 1. The maximum absolute atomic E-state index is 12.5. The molecule has 0 atom stereocenters. The topological polar surface area (TPSA) is 9.23 Å². The van der Waals surface area contributed by atoms with Crippen LogP contribution in [0.4, 0.5) is 39.5 Å². The molecule has 0 aliphatic heterocycles. The van der Waals surface area contributed by atoms with Gasteiger partial charge in [0.25, 0.3) is 0 Å². The minimum absolute atomic E-state index is 0.134. The Balaban J connectivity index is 3.51. The van der Waals surface area contributed by atoms with Crippen LogP contribution >= 0.6 is 22.6 Å². The van der Waals surface area contributed by atoms with Gasteiger partial charge in [-0.2, -0.15) is 26.3 Å². The standard InChI is InChI=1S/C9H2F9IO/c10-7(11,12)3-1-4(8(13,14)15)6(19)5(2-3)20-9(16,17)18/h1-2H. The molecular formula is C9H2F9IO. The lowest BCUT2D eigenvalue weighted by molar-refractivity contribution is -0.275. The van der Waals surface area contributed by atoms with E-state index in [1.807, 2.05) is 0 Å². The zero-order valence-corrected chi connectivity index (χ0v) is 11.0. The molecule has 1 rings (SSSR count). The van der Waals surface area contributed by atoms with Crippen molar-refractivity contribution in [3.05, 3.63) is 26.8 Å². The van der Waals surface area contributed by atoms with E-state index in [1.54, 1.807) is 0 Å². The summed E-state index contributed by atoms with van der Waals surface area (Å²) in [6.07, 6.45) is -15.9. The van der Waals surface area contributed by atoms with Crippen LogP contribution in [-0.4, -0.2) is 6.36 Å². The quantitative estimate of drug-likeness (QED) is 0.444. The highest BCUT2D eigenvalue weighted by molar-refractivity contribution is 14.1. The fourth-order valence-electron chi connectivity index (χ4n) is 1.17. The van der Waals surface area contributed by atoms with Crippen molar-refractivity contribution in [3.63, 3.8) is 0 Å². The molecule has 0 N–H and O–H groups in total. The van der Waals surface area contributed by atoms with E-state index in [2.05, 4.69) is 4.74 Å². The molecular weight excluding hydrogens is 422 g/mol. The van der Waals surface area contributed by atoms with Crippen molar-refractivity contribution in [2.45, 2.75) is 18.7 Å². The van der Waals surface area contributed by atoms with Crippen LogP contribution in [-0.2, 0) is 12.4 Å². The van der Waals surface area contributed by atoms with Crippen molar-refractivity contribution in [1.82, 2.24) is 0 Å². The summed E-state index contributed by atoms with van der Waals surface area (Å²) in [4.78, 5) is 0. The largest absolute Gasteiger partial charge is 0.573 e. The molecule has 11 heteroatoms. The van der Waals surface area contributed by atoms with Crippen molar-refractivity contribution >= 4 is 22.6 Å². The molecule has 0 bridgehead atoms. The maximum atomic E-state index is 12.5. The monoisotopic (exact) mass is 424 g/mol. The summed E-state index contributed by atoms with van der Waals surface area (Å²) in [7, 11) is 0. The summed E-state index contributed by atoms with van der Waals surface area (Å²) in [6.45, 7) is 0. The van der Waals surface area contributed by atoms with Crippen molar-refractivity contribution in [1.29, 1.82) is 0 Å². The summed E-state index contributed by atoms with van der Waals surface area (Å²) in [6, 6.07) is -0.407. The summed E-state index contributed by atoms with van der Waals surface area (Å²) in [5, 5.41) is 0. The predicted molar refractivity (Wildman–Crippen MR) is 55.8 cm³/mol. The Kier molecular flexibility index (Phi) is 4.42. The maximum Gasteiger partial charge on any atom is 0.573 e. The van der Waals surface area contributed by atoms with E-state index >= 15 is 0 Å². The van der Waals surface area contributed by atoms with Gasteiger partial charge >= 0.3 is 18.7 Å². The summed E-state index contributed by atoms with van der Waals surface area (Å²) < 4.78 is 113. The fourth-order valence-corrected chi connectivity index (χ4v) is 1.89. The molecule has 20 heavy (non-hydrogen) atoms. The SMILES string of the molecule is FC(F)(F)Oc1cc(C(F)(F)F)cc(C(F)(F)F)c1I. The molecule has 0 fully saturated rings. The summed E-state index contributed by atoms with van der Waals surface area (Å²) >= 11 is 0.839. The first kappa shape index (κ1) is 17.2. The van der Waals surface area contributed by atoms with E-state index in [9.17, 15) is 39.5 Å². The molecule has 0 heterocycles. The second-order valence-corrected chi connectivity index (χ2v) is 4.46. The van der Waals surface area contributed by atoms with Gasteiger partial charge in [0.2, 0.25) is 0 Å². The van der Waals surface area contributed by atoms with Gasteiger partial charge in [0, 0.05) is 0 Å². The molecule has 0 amide bonds. The predicted octanol–water partition coefficient (Wildman–Crippen LogP) is 5.23. The average Bonchev–Trinajstić information content (AvgIpc) is 2.15. The van der Waals surface area contributed by atoms with Crippen LogP contribution in [0.5, 0.6) is 5.75 Å². The van der Waals surface area contributed by atoms with Crippen LogP contribution in [0, 0.1) is 3.57 Å². The molecule has 0 spiro atoms. The van der Waals surface area contributed by atoms with E-state index in [0.717, 1.165) is 22.6 Å². The Morgan fingerprint density at radius 1 is 0.800 bits per heavy atom. The first-order valence-corrected chi connectivity index (χ1v) is 5.53. The summed E-state index contributed by atoms with van der Waals surface area (Å²) in [5.41, 5.74) is -3.74. The number of benzene rings is 1. The highest BCUT2D eigenvalue weighted by Gasteiger charge is 2.41. The smallest absolute Gasteiger partial charge is 0.405 e. The van der Waals surface area contributed by atoms with Crippen molar-refractivity contribution in [2.24, 2.45) is 0 Å². The zero-order chi connectivity index (χ0) is 15.9. The third-order valence-electron chi connectivity index (χ3n) is 1.90. The van der Waals surface area contributed by atoms with Gasteiger partial charge in [-0.1, -0.05) is 0 Å². The van der Waals surface area contributed by atoms with E-state index in [0.29, 0.717) is 0 Å². The minimum atomic E-state index is -5.41. The van der Waals surface area contributed by atoms with Crippen LogP contribution in [0.25, 0.3) is 0 Å². The number of alkyl halides is 9. The Labute approximate surface area is 118 Å². The van der Waals surface area contributed by atoms with Gasteiger partial charge in [-0.15, -0.1) is 13.2 Å². The van der Waals surface area contributed by atoms with E-state index in [1.165, 1.54) is 0 Å². The van der Waals surface area contributed by atoms with Crippen LogP contribution in [0.3, 0.4) is 0 Å².